The number of carbonyl (C=O) groups excluding carboxylic acids is 1. The number of nitrogens with zero attached hydrogens (tertiary/aromatic N) is 1. The van der Waals surface area contributed by atoms with Gasteiger partial charge in [0.15, 0.2) is 0 Å². The Labute approximate surface area is 121 Å². The first kappa shape index (κ1) is 13.5. The molecule has 3 heteroatoms. The third-order valence-electron chi connectivity index (χ3n) is 4.64. The zero-order valence-corrected chi connectivity index (χ0v) is 12.1. The molecule has 0 spiro atoms. The monoisotopic (exact) mass is 272 g/mol. The lowest BCUT2D eigenvalue weighted by Gasteiger charge is -2.27. The molecule has 1 saturated carbocycles. The minimum Gasteiger partial charge on any atom is -0.335 e. The zero-order chi connectivity index (χ0) is 13.8. The van der Waals surface area contributed by atoms with Crippen LogP contribution in [0.4, 0.5) is 4.79 Å². The van der Waals surface area contributed by atoms with Crippen molar-refractivity contribution in [2.45, 2.75) is 51.0 Å². The second kappa shape index (κ2) is 6.29. The van der Waals surface area contributed by atoms with Gasteiger partial charge in [-0.05, 0) is 36.8 Å². The Balaban J connectivity index is 1.57. The lowest BCUT2D eigenvalue weighted by molar-refractivity contribution is 0.192. The summed E-state index contributed by atoms with van der Waals surface area (Å²) in [6.07, 6.45) is 8.11. The van der Waals surface area contributed by atoms with Crippen molar-refractivity contribution < 1.29 is 4.79 Å². The van der Waals surface area contributed by atoms with Gasteiger partial charge in [0, 0.05) is 19.1 Å². The molecule has 1 aliphatic heterocycles. The van der Waals surface area contributed by atoms with Gasteiger partial charge in [0.1, 0.15) is 0 Å². The molecule has 2 aliphatic rings. The van der Waals surface area contributed by atoms with E-state index in [0.717, 1.165) is 38.8 Å². The van der Waals surface area contributed by atoms with Crippen LogP contribution >= 0.6 is 0 Å². The second-order valence-corrected chi connectivity index (χ2v) is 6.04. The number of amides is 2. The van der Waals surface area contributed by atoms with Gasteiger partial charge in [-0.15, -0.1) is 0 Å². The van der Waals surface area contributed by atoms with Crippen LogP contribution in [0.3, 0.4) is 0 Å². The van der Waals surface area contributed by atoms with E-state index >= 15 is 0 Å². The average molecular weight is 272 g/mol. The van der Waals surface area contributed by atoms with Gasteiger partial charge in [0.2, 0.25) is 0 Å². The zero-order valence-electron chi connectivity index (χ0n) is 12.1. The Hall–Kier alpha value is -1.51. The van der Waals surface area contributed by atoms with Crippen LogP contribution in [0.15, 0.2) is 24.3 Å². The molecular weight excluding hydrogens is 248 g/mol. The van der Waals surface area contributed by atoms with Gasteiger partial charge in [0.25, 0.3) is 0 Å². The third-order valence-corrected chi connectivity index (χ3v) is 4.64. The van der Waals surface area contributed by atoms with Gasteiger partial charge in [-0.2, -0.15) is 0 Å². The van der Waals surface area contributed by atoms with Crippen molar-refractivity contribution in [3.05, 3.63) is 35.4 Å². The van der Waals surface area contributed by atoms with Crippen molar-refractivity contribution in [2.75, 3.05) is 13.1 Å². The van der Waals surface area contributed by atoms with Crippen LogP contribution in [0.2, 0.25) is 0 Å². The van der Waals surface area contributed by atoms with E-state index in [-0.39, 0.29) is 6.03 Å². The van der Waals surface area contributed by atoms with E-state index in [2.05, 4.69) is 29.6 Å². The highest BCUT2D eigenvalue weighted by Crippen LogP contribution is 2.19. The summed E-state index contributed by atoms with van der Waals surface area (Å²) in [5, 5.41) is 3.23. The lowest BCUT2D eigenvalue weighted by atomic mass is 9.96. The Kier molecular flexibility index (Phi) is 4.24. The summed E-state index contributed by atoms with van der Waals surface area (Å²) in [4.78, 5) is 14.4. The maximum atomic E-state index is 12.4. The molecule has 3 rings (SSSR count). The number of fused-ring (bicyclic) bond motifs is 1. The molecule has 0 atom stereocenters. The van der Waals surface area contributed by atoms with Crippen molar-refractivity contribution in [2.24, 2.45) is 0 Å². The maximum Gasteiger partial charge on any atom is 0.317 e. The summed E-state index contributed by atoms with van der Waals surface area (Å²) >= 11 is 0. The standard InChI is InChI=1S/C17H24N2O/c20-17(18-16-8-2-1-3-9-16)19-12-10-14-6-4-5-7-15(14)11-13-19/h4-7,16H,1-3,8-13H2,(H,18,20). The quantitative estimate of drug-likeness (QED) is 0.837. The van der Waals surface area contributed by atoms with Crippen LogP contribution < -0.4 is 5.32 Å². The van der Waals surface area contributed by atoms with Crippen LogP contribution in [-0.4, -0.2) is 30.1 Å². The highest BCUT2D eigenvalue weighted by atomic mass is 16.2. The fraction of sp³-hybridized carbons (Fsp3) is 0.588. The molecule has 20 heavy (non-hydrogen) atoms. The number of benzene rings is 1. The number of carbonyl (C=O) groups is 1. The molecule has 0 saturated heterocycles. The van der Waals surface area contributed by atoms with Gasteiger partial charge in [-0.25, -0.2) is 4.79 Å². The van der Waals surface area contributed by atoms with Crippen molar-refractivity contribution in [1.82, 2.24) is 10.2 Å². The average Bonchev–Trinajstić information content (AvgIpc) is 2.71. The smallest absolute Gasteiger partial charge is 0.317 e. The predicted molar refractivity (Wildman–Crippen MR) is 80.8 cm³/mol. The van der Waals surface area contributed by atoms with E-state index in [0.29, 0.717) is 6.04 Å². The minimum absolute atomic E-state index is 0.143. The maximum absolute atomic E-state index is 12.4. The Morgan fingerprint density at radius 1 is 1.00 bits per heavy atom. The van der Waals surface area contributed by atoms with Crippen LogP contribution in [0.5, 0.6) is 0 Å². The first-order valence-corrected chi connectivity index (χ1v) is 7.95. The van der Waals surface area contributed by atoms with Crippen molar-refractivity contribution in [3.8, 4) is 0 Å². The Morgan fingerprint density at radius 2 is 1.60 bits per heavy atom. The largest absolute Gasteiger partial charge is 0.335 e. The normalized spacial score (nSPS) is 20.1. The molecule has 0 unspecified atom stereocenters. The first-order chi connectivity index (χ1) is 9.83. The number of nitrogens with one attached hydrogen (secondary N) is 1. The molecule has 1 N–H and O–H groups in total. The van der Waals surface area contributed by atoms with Crippen LogP contribution in [0.25, 0.3) is 0 Å². The van der Waals surface area contributed by atoms with Crippen molar-refractivity contribution >= 4 is 6.03 Å². The molecule has 1 aromatic carbocycles. The minimum atomic E-state index is 0.143. The molecule has 0 aromatic heterocycles. The molecular formula is C17H24N2O. The SMILES string of the molecule is O=C(NC1CCCCC1)N1CCc2ccccc2CC1. The summed E-state index contributed by atoms with van der Waals surface area (Å²) in [5.41, 5.74) is 2.81. The highest BCUT2D eigenvalue weighted by Gasteiger charge is 2.21. The summed E-state index contributed by atoms with van der Waals surface area (Å²) in [7, 11) is 0. The molecule has 1 aromatic rings. The lowest BCUT2D eigenvalue weighted by Crippen LogP contribution is -2.46. The third kappa shape index (κ3) is 3.14. The van der Waals surface area contributed by atoms with Crippen molar-refractivity contribution in [3.63, 3.8) is 0 Å². The molecule has 1 heterocycles. The van der Waals surface area contributed by atoms with E-state index < -0.39 is 0 Å². The Morgan fingerprint density at radius 3 is 2.20 bits per heavy atom. The molecule has 1 aliphatic carbocycles. The van der Waals surface area contributed by atoms with Crippen molar-refractivity contribution in [1.29, 1.82) is 0 Å². The highest BCUT2D eigenvalue weighted by molar-refractivity contribution is 5.74. The van der Waals surface area contributed by atoms with Gasteiger partial charge < -0.3 is 10.2 Å². The van der Waals surface area contributed by atoms with Crippen LogP contribution in [-0.2, 0) is 12.8 Å². The molecule has 3 nitrogen and oxygen atoms in total. The first-order valence-electron chi connectivity index (χ1n) is 7.95. The fourth-order valence-electron chi connectivity index (χ4n) is 3.38. The summed E-state index contributed by atoms with van der Waals surface area (Å²) in [6, 6.07) is 9.12. The van der Waals surface area contributed by atoms with Gasteiger partial charge in [-0.1, -0.05) is 43.5 Å². The number of urea groups is 1. The van der Waals surface area contributed by atoms with Gasteiger partial charge >= 0.3 is 6.03 Å². The molecule has 108 valence electrons. The molecule has 0 radical (unpaired) electrons. The van der Waals surface area contributed by atoms with E-state index in [4.69, 9.17) is 0 Å². The summed E-state index contributed by atoms with van der Waals surface area (Å²) in [6.45, 7) is 1.69. The van der Waals surface area contributed by atoms with Gasteiger partial charge in [0.05, 0.1) is 0 Å². The molecule has 2 amide bonds. The number of hydrogen-bond donors (Lipinski definition) is 1. The summed E-state index contributed by atoms with van der Waals surface area (Å²) < 4.78 is 0. The van der Waals surface area contributed by atoms with E-state index in [1.165, 1.54) is 30.4 Å². The van der Waals surface area contributed by atoms with Crippen LogP contribution in [0.1, 0.15) is 43.2 Å². The van der Waals surface area contributed by atoms with E-state index in [9.17, 15) is 4.79 Å². The summed E-state index contributed by atoms with van der Waals surface area (Å²) in [5.74, 6) is 0. The molecule has 0 bridgehead atoms. The van der Waals surface area contributed by atoms with E-state index in [1.54, 1.807) is 0 Å². The van der Waals surface area contributed by atoms with Crippen LogP contribution in [0, 0.1) is 0 Å². The number of rotatable bonds is 1. The fourth-order valence-corrected chi connectivity index (χ4v) is 3.38. The molecule has 1 fully saturated rings. The topological polar surface area (TPSA) is 32.3 Å². The van der Waals surface area contributed by atoms with Gasteiger partial charge in [-0.3, -0.25) is 0 Å². The van der Waals surface area contributed by atoms with E-state index in [1.807, 2.05) is 4.90 Å². The Bertz CT molecular complexity index is 439. The second-order valence-electron chi connectivity index (χ2n) is 6.04. The predicted octanol–water partition coefficient (Wildman–Crippen LogP) is 3.13. The number of hydrogen-bond acceptors (Lipinski definition) is 1.